The van der Waals surface area contributed by atoms with Crippen LogP contribution in [0.2, 0.25) is 0 Å². The van der Waals surface area contributed by atoms with Gasteiger partial charge in [0.1, 0.15) is 0 Å². The van der Waals surface area contributed by atoms with Crippen LogP contribution in [0.25, 0.3) is 0 Å². The molecular formula is C18H32O3. The first-order valence-electron chi connectivity index (χ1n) is 8.56. The molecule has 122 valence electrons. The molecule has 1 saturated carbocycles. The fourth-order valence-electron chi connectivity index (χ4n) is 5.02. The lowest BCUT2D eigenvalue weighted by atomic mass is 9.58. The zero-order valence-electron chi connectivity index (χ0n) is 14.4. The maximum Gasteiger partial charge on any atom is 0.310 e. The van der Waals surface area contributed by atoms with E-state index in [1.807, 2.05) is 0 Å². The number of carboxylic acid groups (broad SMARTS) is 1. The summed E-state index contributed by atoms with van der Waals surface area (Å²) in [5.41, 5.74) is -1.14. The molecule has 1 N–H and O–H groups in total. The molecule has 21 heavy (non-hydrogen) atoms. The molecule has 0 aromatic heterocycles. The van der Waals surface area contributed by atoms with Gasteiger partial charge in [0.2, 0.25) is 0 Å². The molecule has 3 nitrogen and oxygen atoms in total. The first-order valence-corrected chi connectivity index (χ1v) is 8.56. The van der Waals surface area contributed by atoms with Crippen LogP contribution in [0.1, 0.15) is 79.6 Å². The molecule has 1 atom stereocenters. The fraction of sp³-hybridized carbons (Fsp3) is 0.944. The lowest BCUT2D eigenvalue weighted by molar-refractivity contribution is -0.163. The zero-order valence-corrected chi connectivity index (χ0v) is 14.4. The van der Waals surface area contributed by atoms with Crippen molar-refractivity contribution in [3.05, 3.63) is 0 Å². The molecule has 1 heterocycles. The van der Waals surface area contributed by atoms with E-state index in [0.717, 1.165) is 38.0 Å². The summed E-state index contributed by atoms with van der Waals surface area (Å²) in [5.74, 6) is 0.234. The Morgan fingerprint density at radius 2 is 1.76 bits per heavy atom. The minimum atomic E-state index is -0.600. The average molecular weight is 296 g/mol. The van der Waals surface area contributed by atoms with Gasteiger partial charge in [-0.15, -0.1) is 0 Å². The minimum Gasteiger partial charge on any atom is -0.481 e. The summed E-state index contributed by atoms with van der Waals surface area (Å²) >= 11 is 0. The summed E-state index contributed by atoms with van der Waals surface area (Å²) in [5, 5.41) is 10.0. The van der Waals surface area contributed by atoms with Gasteiger partial charge < -0.3 is 9.84 Å². The summed E-state index contributed by atoms with van der Waals surface area (Å²) in [6, 6.07) is 0. The molecule has 2 fully saturated rings. The van der Waals surface area contributed by atoms with Crippen molar-refractivity contribution >= 4 is 5.97 Å². The monoisotopic (exact) mass is 296 g/mol. The third-order valence-electron chi connectivity index (χ3n) is 5.86. The maximum absolute atomic E-state index is 12.2. The van der Waals surface area contributed by atoms with E-state index >= 15 is 0 Å². The van der Waals surface area contributed by atoms with E-state index in [0.29, 0.717) is 0 Å². The van der Waals surface area contributed by atoms with Gasteiger partial charge in [0.05, 0.1) is 16.6 Å². The lowest BCUT2D eigenvalue weighted by Gasteiger charge is -2.45. The van der Waals surface area contributed by atoms with E-state index in [9.17, 15) is 9.90 Å². The van der Waals surface area contributed by atoms with Crippen molar-refractivity contribution < 1.29 is 14.6 Å². The Bertz CT molecular complexity index is 389. The van der Waals surface area contributed by atoms with Crippen LogP contribution in [-0.4, -0.2) is 22.3 Å². The second-order valence-electron chi connectivity index (χ2n) is 8.42. The van der Waals surface area contributed by atoms with E-state index in [2.05, 4.69) is 34.6 Å². The molecule has 1 aliphatic carbocycles. The van der Waals surface area contributed by atoms with Crippen molar-refractivity contribution in [3.63, 3.8) is 0 Å². The molecule has 3 heteroatoms. The summed E-state index contributed by atoms with van der Waals surface area (Å²) in [6.45, 7) is 10.6. The standard InChI is InChI=1S/C18H32O3/c1-6-7-13-8-10-18(11-9-13,15(19)20)14-12-16(2,3)21-17(14,4)5/h13-14H,6-12H2,1-5H3,(H,19,20). The summed E-state index contributed by atoms with van der Waals surface area (Å²) < 4.78 is 6.19. The fourth-order valence-corrected chi connectivity index (χ4v) is 5.02. The Labute approximate surface area is 129 Å². The number of hydrogen-bond acceptors (Lipinski definition) is 2. The maximum atomic E-state index is 12.2. The van der Waals surface area contributed by atoms with Gasteiger partial charge in [0.25, 0.3) is 0 Å². The van der Waals surface area contributed by atoms with Crippen LogP contribution in [0.3, 0.4) is 0 Å². The SMILES string of the molecule is CCCC1CCC(C(=O)O)(C2CC(C)(C)OC2(C)C)CC1. The van der Waals surface area contributed by atoms with Gasteiger partial charge in [0, 0.05) is 5.92 Å². The molecule has 2 aliphatic rings. The Kier molecular flexibility index (Phi) is 4.45. The van der Waals surface area contributed by atoms with E-state index < -0.39 is 11.4 Å². The predicted octanol–water partition coefficient (Wildman–Crippen LogP) is 4.64. The van der Waals surface area contributed by atoms with Crippen molar-refractivity contribution in [1.82, 2.24) is 0 Å². The first kappa shape index (κ1) is 16.8. The van der Waals surface area contributed by atoms with Crippen LogP contribution >= 0.6 is 0 Å². The van der Waals surface area contributed by atoms with Crippen LogP contribution in [-0.2, 0) is 9.53 Å². The van der Waals surface area contributed by atoms with Crippen molar-refractivity contribution in [2.45, 2.75) is 90.8 Å². The number of hydrogen-bond donors (Lipinski definition) is 1. The average Bonchev–Trinajstić information content (AvgIpc) is 2.59. The van der Waals surface area contributed by atoms with Gasteiger partial charge in [-0.3, -0.25) is 4.79 Å². The van der Waals surface area contributed by atoms with Gasteiger partial charge in [-0.25, -0.2) is 0 Å². The van der Waals surface area contributed by atoms with Crippen molar-refractivity contribution in [3.8, 4) is 0 Å². The van der Waals surface area contributed by atoms with Crippen LogP contribution < -0.4 is 0 Å². The Morgan fingerprint density at radius 1 is 1.19 bits per heavy atom. The van der Waals surface area contributed by atoms with Crippen molar-refractivity contribution in [1.29, 1.82) is 0 Å². The molecular weight excluding hydrogens is 264 g/mol. The molecule has 0 aromatic carbocycles. The molecule has 0 bridgehead atoms. The van der Waals surface area contributed by atoms with E-state index in [1.165, 1.54) is 12.8 Å². The van der Waals surface area contributed by atoms with Gasteiger partial charge in [-0.2, -0.15) is 0 Å². The van der Waals surface area contributed by atoms with Crippen LogP contribution in [0.5, 0.6) is 0 Å². The number of carboxylic acids is 1. The number of rotatable bonds is 4. The highest BCUT2D eigenvalue weighted by molar-refractivity contribution is 5.75. The van der Waals surface area contributed by atoms with E-state index in [1.54, 1.807) is 0 Å². The van der Waals surface area contributed by atoms with Crippen LogP contribution in [0, 0.1) is 17.3 Å². The second-order valence-corrected chi connectivity index (χ2v) is 8.42. The third kappa shape index (κ3) is 3.13. The molecule has 0 amide bonds. The lowest BCUT2D eigenvalue weighted by Crippen LogP contribution is -2.48. The van der Waals surface area contributed by atoms with Gasteiger partial charge in [-0.1, -0.05) is 19.8 Å². The highest BCUT2D eigenvalue weighted by Crippen LogP contribution is 2.56. The van der Waals surface area contributed by atoms with Gasteiger partial charge in [-0.05, 0) is 65.7 Å². The Balaban J connectivity index is 2.23. The van der Waals surface area contributed by atoms with E-state index in [4.69, 9.17) is 4.74 Å². The highest BCUT2D eigenvalue weighted by atomic mass is 16.5. The van der Waals surface area contributed by atoms with Crippen molar-refractivity contribution in [2.75, 3.05) is 0 Å². The molecule has 1 saturated heterocycles. The number of aliphatic carboxylic acids is 1. The molecule has 0 spiro atoms. The Hall–Kier alpha value is -0.570. The quantitative estimate of drug-likeness (QED) is 0.822. The largest absolute Gasteiger partial charge is 0.481 e. The summed E-state index contributed by atoms with van der Waals surface area (Å²) in [4.78, 5) is 12.2. The molecule has 1 aliphatic heterocycles. The smallest absolute Gasteiger partial charge is 0.310 e. The third-order valence-corrected chi connectivity index (χ3v) is 5.86. The van der Waals surface area contributed by atoms with Gasteiger partial charge >= 0.3 is 5.97 Å². The summed E-state index contributed by atoms with van der Waals surface area (Å²) in [6.07, 6.45) is 7.06. The highest BCUT2D eigenvalue weighted by Gasteiger charge is 2.59. The zero-order chi connectivity index (χ0) is 15.9. The topological polar surface area (TPSA) is 46.5 Å². The molecule has 2 rings (SSSR count). The Morgan fingerprint density at radius 3 is 2.14 bits per heavy atom. The van der Waals surface area contributed by atoms with Crippen LogP contribution in [0.4, 0.5) is 0 Å². The molecule has 1 unspecified atom stereocenters. The first-order chi connectivity index (χ1) is 9.63. The normalized spacial score (nSPS) is 38.3. The number of ether oxygens (including phenoxy) is 1. The number of carbonyl (C=O) groups is 1. The predicted molar refractivity (Wildman–Crippen MR) is 84.3 cm³/mol. The van der Waals surface area contributed by atoms with E-state index in [-0.39, 0.29) is 17.1 Å². The van der Waals surface area contributed by atoms with Gasteiger partial charge in [0.15, 0.2) is 0 Å². The van der Waals surface area contributed by atoms with Crippen LogP contribution in [0.15, 0.2) is 0 Å². The molecule has 0 aromatic rings. The molecule has 0 radical (unpaired) electrons. The minimum absolute atomic E-state index is 0.111. The summed E-state index contributed by atoms with van der Waals surface area (Å²) in [7, 11) is 0. The second kappa shape index (κ2) is 5.57. The van der Waals surface area contributed by atoms with Crippen molar-refractivity contribution in [2.24, 2.45) is 17.3 Å².